The third kappa shape index (κ3) is 22.7. The van der Waals surface area contributed by atoms with Gasteiger partial charge in [0.2, 0.25) is 0 Å². The van der Waals surface area contributed by atoms with E-state index in [-0.39, 0.29) is 0 Å². The summed E-state index contributed by atoms with van der Waals surface area (Å²) >= 11 is 6.46. The molecule has 0 rings (SSSR count). The highest BCUT2D eigenvalue weighted by Gasteiger charge is 2.01. The van der Waals surface area contributed by atoms with Crippen molar-refractivity contribution in [2.24, 2.45) is 0 Å². The minimum absolute atomic E-state index is 0.837. The van der Waals surface area contributed by atoms with E-state index in [9.17, 15) is 0 Å². The number of thioether (sulfide) groups is 1. The van der Waals surface area contributed by atoms with Gasteiger partial charge in [-0.15, -0.1) is 0 Å². The molecular weight excluding hydrogens is 340 g/mol. The Labute approximate surface area is 170 Å². The third-order valence-electron chi connectivity index (χ3n) is 5.17. The predicted molar refractivity (Wildman–Crippen MR) is 125 cm³/mol. The van der Waals surface area contributed by atoms with Crippen molar-refractivity contribution in [3.05, 3.63) is 0 Å². The van der Waals surface area contributed by atoms with Crippen LogP contribution in [-0.2, 0) is 0 Å². The lowest BCUT2D eigenvalue weighted by Crippen LogP contribution is -1.98. The van der Waals surface area contributed by atoms with E-state index < -0.39 is 0 Å². The smallest absolute Gasteiger partial charge is 0.00190 e. The molecule has 0 nitrogen and oxygen atoms in total. The average Bonchev–Trinajstić information content (AvgIpc) is 2.62. The summed E-state index contributed by atoms with van der Waals surface area (Å²) in [4.78, 5) is 0. The second-order valence-electron chi connectivity index (χ2n) is 7.85. The molecule has 1 atom stereocenters. The summed E-state index contributed by atoms with van der Waals surface area (Å²) in [6.45, 7) is 4.67. The molecular formula is C23H48S2. The highest BCUT2D eigenvalue weighted by Crippen LogP contribution is 2.19. The first-order valence-electron chi connectivity index (χ1n) is 11.5. The lowest BCUT2D eigenvalue weighted by atomic mass is 10.0. The van der Waals surface area contributed by atoms with Gasteiger partial charge in [-0.1, -0.05) is 110 Å². The fourth-order valence-electron chi connectivity index (χ4n) is 3.40. The van der Waals surface area contributed by atoms with Crippen LogP contribution in [-0.4, -0.2) is 16.8 Å². The molecule has 0 bridgehead atoms. The van der Waals surface area contributed by atoms with Gasteiger partial charge in [-0.2, -0.15) is 24.4 Å². The Bertz CT molecular complexity index is 230. The van der Waals surface area contributed by atoms with Crippen LogP contribution in [0.15, 0.2) is 0 Å². The second-order valence-corrected chi connectivity index (χ2v) is 9.84. The van der Waals surface area contributed by atoms with Crippen LogP contribution in [0.5, 0.6) is 0 Å². The minimum Gasteiger partial charge on any atom is -0.179 e. The lowest BCUT2D eigenvalue weighted by Gasteiger charge is -2.09. The molecule has 0 aliphatic carbocycles. The molecule has 0 aromatic heterocycles. The van der Waals surface area contributed by atoms with Gasteiger partial charge >= 0.3 is 0 Å². The molecule has 0 spiro atoms. The fraction of sp³-hybridized carbons (Fsp3) is 1.00. The summed E-state index contributed by atoms with van der Waals surface area (Å²) in [6.07, 6.45) is 26.0. The summed E-state index contributed by atoms with van der Waals surface area (Å²) in [5, 5.41) is 0.837. The van der Waals surface area contributed by atoms with Crippen molar-refractivity contribution >= 4 is 24.4 Å². The quantitative estimate of drug-likeness (QED) is 0.151. The molecule has 2 heteroatoms. The van der Waals surface area contributed by atoms with Crippen LogP contribution in [0.25, 0.3) is 0 Å². The van der Waals surface area contributed by atoms with E-state index in [1.165, 1.54) is 121 Å². The Morgan fingerprint density at radius 1 is 0.600 bits per heavy atom. The van der Waals surface area contributed by atoms with Crippen molar-refractivity contribution in [1.29, 1.82) is 0 Å². The van der Waals surface area contributed by atoms with Crippen LogP contribution < -0.4 is 0 Å². The maximum Gasteiger partial charge on any atom is 0.00190 e. The normalized spacial score (nSPS) is 12.6. The van der Waals surface area contributed by atoms with Gasteiger partial charge in [0, 0.05) is 5.25 Å². The van der Waals surface area contributed by atoms with Gasteiger partial charge in [0.15, 0.2) is 0 Å². The summed E-state index contributed by atoms with van der Waals surface area (Å²) < 4.78 is 0. The van der Waals surface area contributed by atoms with Gasteiger partial charge in [0.25, 0.3) is 0 Å². The number of hydrogen-bond donors (Lipinski definition) is 1. The standard InChI is InChI=1S/C23H48S2/c1-3-4-5-6-7-8-9-10-11-12-13-14-15-16-17-18-22-25-23(2)20-19-21-24/h23-24H,3-22H2,1-2H3. The first-order valence-corrected chi connectivity index (χ1v) is 13.2. The molecule has 0 aromatic rings. The summed E-state index contributed by atoms with van der Waals surface area (Å²) in [5.74, 6) is 2.41. The van der Waals surface area contributed by atoms with E-state index in [4.69, 9.17) is 0 Å². The van der Waals surface area contributed by atoms with Gasteiger partial charge in [-0.3, -0.25) is 0 Å². The van der Waals surface area contributed by atoms with Crippen molar-refractivity contribution < 1.29 is 0 Å². The van der Waals surface area contributed by atoms with Gasteiger partial charge in [0.05, 0.1) is 0 Å². The van der Waals surface area contributed by atoms with Crippen LogP contribution in [0.2, 0.25) is 0 Å². The van der Waals surface area contributed by atoms with Crippen molar-refractivity contribution in [2.75, 3.05) is 11.5 Å². The molecule has 25 heavy (non-hydrogen) atoms. The Morgan fingerprint density at radius 3 is 1.40 bits per heavy atom. The van der Waals surface area contributed by atoms with Gasteiger partial charge in [0.1, 0.15) is 0 Å². The Kier molecular flexibility index (Phi) is 23.4. The average molecular weight is 389 g/mol. The summed E-state index contributed by atoms with van der Waals surface area (Å²) in [7, 11) is 0. The van der Waals surface area contributed by atoms with Crippen LogP contribution in [0.1, 0.15) is 129 Å². The SMILES string of the molecule is CCCCCCCCCCCCCCCCCCSC(C)CCCS. The van der Waals surface area contributed by atoms with Crippen molar-refractivity contribution in [1.82, 2.24) is 0 Å². The predicted octanol–water partition coefficient (Wildman–Crippen LogP) is 9.08. The van der Waals surface area contributed by atoms with Crippen LogP contribution >= 0.6 is 24.4 Å². The summed E-state index contributed by atoms with van der Waals surface area (Å²) in [5.41, 5.74) is 0. The third-order valence-corrected chi connectivity index (χ3v) is 6.81. The molecule has 0 heterocycles. The van der Waals surface area contributed by atoms with E-state index in [0.29, 0.717) is 0 Å². The van der Waals surface area contributed by atoms with Gasteiger partial charge in [-0.25, -0.2) is 0 Å². The Balaban J connectivity index is 3.03. The van der Waals surface area contributed by atoms with Crippen molar-refractivity contribution in [3.8, 4) is 0 Å². The maximum absolute atomic E-state index is 4.29. The minimum atomic E-state index is 0.837. The maximum atomic E-state index is 4.29. The zero-order chi connectivity index (χ0) is 18.4. The molecule has 0 aromatic carbocycles. The molecule has 0 radical (unpaired) electrons. The molecule has 0 saturated carbocycles. The lowest BCUT2D eigenvalue weighted by molar-refractivity contribution is 0.531. The number of thiol groups is 1. The van der Waals surface area contributed by atoms with E-state index in [1.54, 1.807) is 0 Å². The monoisotopic (exact) mass is 388 g/mol. The van der Waals surface area contributed by atoms with E-state index >= 15 is 0 Å². The van der Waals surface area contributed by atoms with E-state index in [2.05, 4.69) is 38.2 Å². The molecule has 0 aliphatic rings. The van der Waals surface area contributed by atoms with Gasteiger partial charge in [-0.05, 0) is 30.8 Å². The first kappa shape index (κ1) is 25.7. The van der Waals surface area contributed by atoms with Crippen LogP contribution in [0, 0.1) is 0 Å². The zero-order valence-corrected chi connectivity index (χ0v) is 19.3. The van der Waals surface area contributed by atoms with Crippen LogP contribution in [0.3, 0.4) is 0 Å². The fourth-order valence-corrected chi connectivity index (χ4v) is 4.69. The van der Waals surface area contributed by atoms with Crippen molar-refractivity contribution in [3.63, 3.8) is 0 Å². The molecule has 0 saturated heterocycles. The highest BCUT2D eigenvalue weighted by molar-refractivity contribution is 7.99. The molecule has 152 valence electrons. The molecule has 0 aliphatic heterocycles. The van der Waals surface area contributed by atoms with Crippen molar-refractivity contribution in [2.45, 2.75) is 135 Å². The topological polar surface area (TPSA) is 0 Å². The molecule has 1 unspecified atom stereocenters. The highest BCUT2D eigenvalue weighted by atomic mass is 32.2. The Hall–Kier alpha value is 0.700. The van der Waals surface area contributed by atoms with Gasteiger partial charge < -0.3 is 0 Å². The molecule has 0 fully saturated rings. The second kappa shape index (κ2) is 22.7. The molecule has 0 N–H and O–H groups in total. The zero-order valence-electron chi connectivity index (χ0n) is 17.6. The summed E-state index contributed by atoms with van der Waals surface area (Å²) in [6, 6.07) is 0. The number of rotatable bonds is 21. The molecule has 0 amide bonds. The van der Waals surface area contributed by atoms with Crippen LogP contribution in [0.4, 0.5) is 0 Å². The number of hydrogen-bond acceptors (Lipinski definition) is 2. The van der Waals surface area contributed by atoms with E-state index in [1.807, 2.05) is 0 Å². The van der Waals surface area contributed by atoms with E-state index in [0.717, 1.165) is 11.0 Å². The first-order chi connectivity index (χ1) is 12.3. The number of unbranched alkanes of at least 4 members (excludes halogenated alkanes) is 15. The Morgan fingerprint density at radius 2 is 1.00 bits per heavy atom. The largest absolute Gasteiger partial charge is 0.179 e.